The van der Waals surface area contributed by atoms with Crippen LogP contribution in [-0.2, 0) is 19.4 Å². The topological polar surface area (TPSA) is 58.3 Å². The highest BCUT2D eigenvalue weighted by Gasteiger charge is 2.36. The number of piperidine rings is 1. The van der Waals surface area contributed by atoms with Gasteiger partial charge in [-0.25, -0.2) is 15.0 Å². The number of oxazole rings is 1. The van der Waals surface area contributed by atoms with Crippen molar-refractivity contribution < 1.29 is 4.42 Å². The molecule has 1 saturated heterocycles. The van der Waals surface area contributed by atoms with Gasteiger partial charge < -0.3 is 9.32 Å². The molecule has 0 amide bonds. The summed E-state index contributed by atoms with van der Waals surface area (Å²) in [6.07, 6.45) is 13.1. The van der Waals surface area contributed by atoms with E-state index >= 15 is 0 Å². The number of hydrogen-bond acceptors (Lipinski definition) is 6. The molecule has 26 heavy (non-hydrogen) atoms. The van der Waals surface area contributed by atoms with E-state index in [1.807, 2.05) is 6.20 Å². The Morgan fingerprint density at radius 1 is 1.08 bits per heavy atom. The molecule has 3 aliphatic rings. The second kappa shape index (κ2) is 6.99. The van der Waals surface area contributed by atoms with Gasteiger partial charge in [-0.15, -0.1) is 0 Å². The van der Waals surface area contributed by atoms with Gasteiger partial charge in [0.05, 0.1) is 12.2 Å². The zero-order chi connectivity index (χ0) is 17.3. The van der Waals surface area contributed by atoms with E-state index in [1.165, 1.54) is 44.2 Å². The van der Waals surface area contributed by atoms with Crippen molar-refractivity contribution in [1.82, 2.24) is 19.9 Å². The standard InChI is InChI=1S/C20H27N5O/c1-2-4-18-17(3-1)23-20(26-18)13-24-11-8-16(9-12-24)25(15-5-6-15)19-7-10-21-14-22-19/h7,10,14-16H,1-6,8-9,11-13H2. The molecular weight excluding hydrogens is 326 g/mol. The van der Waals surface area contributed by atoms with Crippen LogP contribution in [0.15, 0.2) is 23.0 Å². The van der Waals surface area contributed by atoms with Crippen LogP contribution in [0, 0.1) is 0 Å². The van der Waals surface area contributed by atoms with Crippen molar-refractivity contribution in [2.75, 3.05) is 18.0 Å². The Balaban J connectivity index is 1.21. The molecule has 0 spiro atoms. The van der Waals surface area contributed by atoms with Gasteiger partial charge in [0, 0.05) is 37.8 Å². The highest BCUT2D eigenvalue weighted by Crippen LogP contribution is 2.35. The first-order valence-electron chi connectivity index (χ1n) is 10.1. The lowest BCUT2D eigenvalue weighted by Crippen LogP contribution is -2.46. The van der Waals surface area contributed by atoms with Gasteiger partial charge in [0.2, 0.25) is 5.89 Å². The van der Waals surface area contributed by atoms with E-state index < -0.39 is 0 Å². The molecule has 1 aliphatic heterocycles. The van der Waals surface area contributed by atoms with Gasteiger partial charge >= 0.3 is 0 Å². The Labute approximate surface area is 154 Å². The van der Waals surface area contributed by atoms with Crippen LogP contribution in [0.1, 0.15) is 55.9 Å². The summed E-state index contributed by atoms with van der Waals surface area (Å²) in [5.41, 5.74) is 1.21. The lowest BCUT2D eigenvalue weighted by atomic mass is 10.0. The zero-order valence-corrected chi connectivity index (χ0v) is 15.3. The molecule has 1 saturated carbocycles. The molecule has 0 N–H and O–H groups in total. The summed E-state index contributed by atoms with van der Waals surface area (Å²) in [4.78, 5) is 18.4. The van der Waals surface area contributed by atoms with Crippen molar-refractivity contribution in [3.8, 4) is 0 Å². The van der Waals surface area contributed by atoms with E-state index in [2.05, 4.69) is 25.8 Å². The first kappa shape index (κ1) is 16.2. The molecule has 3 heterocycles. The largest absolute Gasteiger partial charge is 0.444 e. The number of anilines is 1. The lowest BCUT2D eigenvalue weighted by Gasteiger charge is -2.39. The minimum absolute atomic E-state index is 0.589. The molecule has 0 aromatic carbocycles. The van der Waals surface area contributed by atoms with Crippen LogP contribution in [0.25, 0.3) is 0 Å². The average molecular weight is 353 g/mol. The number of rotatable bonds is 5. The SMILES string of the molecule is c1cc(N(C2CC2)C2CCN(Cc3nc4c(o3)CCCC4)CC2)ncn1. The fourth-order valence-electron chi connectivity index (χ4n) is 4.48. The van der Waals surface area contributed by atoms with Gasteiger partial charge in [-0.1, -0.05) is 0 Å². The monoisotopic (exact) mass is 353 g/mol. The van der Waals surface area contributed by atoms with Crippen LogP contribution in [0.4, 0.5) is 5.82 Å². The maximum Gasteiger partial charge on any atom is 0.208 e. The van der Waals surface area contributed by atoms with Gasteiger partial charge in [-0.2, -0.15) is 0 Å². The van der Waals surface area contributed by atoms with E-state index in [1.54, 1.807) is 6.33 Å². The predicted octanol–water partition coefficient (Wildman–Crippen LogP) is 2.98. The van der Waals surface area contributed by atoms with E-state index in [0.717, 1.165) is 49.9 Å². The zero-order valence-electron chi connectivity index (χ0n) is 15.3. The quantitative estimate of drug-likeness (QED) is 0.824. The van der Waals surface area contributed by atoms with Crippen LogP contribution in [-0.4, -0.2) is 45.0 Å². The summed E-state index contributed by atoms with van der Waals surface area (Å²) >= 11 is 0. The minimum atomic E-state index is 0.589. The Morgan fingerprint density at radius 3 is 2.62 bits per heavy atom. The molecule has 6 nitrogen and oxygen atoms in total. The van der Waals surface area contributed by atoms with Gasteiger partial charge in [0.25, 0.3) is 0 Å². The predicted molar refractivity (Wildman–Crippen MR) is 99.0 cm³/mol. The third-order valence-electron chi connectivity index (χ3n) is 5.97. The van der Waals surface area contributed by atoms with E-state index in [0.29, 0.717) is 12.1 Å². The average Bonchev–Trinajstić information content (AvgIpc) is 3.43. The third kappa shape index (κ3) is 3.34. The summed E-state index contributed by atoms with van der Waals surface area (Å²) in [7, 11) is 0. The summed E-state index contributed by atoms with van der Waals surface area (Å²) in [5, 5.41) is 0. The smallest absolute Gasteiger partial charge is 0.208 e. The molecule has 2 fully saturated rings. The maximum absolute atomic E-state index is 6.02. The van der Waals surface area contributed by atoms with Crippen molar-refractivity contribution >= 4 is 5.82 Å². The molecule has 5 rings (SSSR count). The van der Waals surface area contributed by atoms with Crippen LogP contribution in [0.3, 0.4) is 0 Å². The van der Waals surface area contributed by atoms with Crippen molar-refractivity contribution in [1.29, 1.82) is 0 Å². The number of aromatic nitrogens is 3. The molecule has 2 aromatic heterocycles. The highest BCUT2D eigenvalue weighted by atomic mass is 16.4. The van der Waals surface area contributed by atoms with Crippen molar-refractivity contribution in [2.45, 2.75) is 70.0 Å². The van der Waals surface area contributed by atoms with Crippen molar-refractivity contribution in [3.63, 3.8) is 0 Å². The van der Waals surface area contributed by atoms with E-state index in [4.69, 9.17) is 9.40 Å². The molecule has 2 aliphatic carbocycles. The molecule has 0 radical (unpaired) electrons. The summed E-state index contributed by atoms with van der Waals surface area (Å²) < 4.78 is 6.02. The van der Waals surface area contributed by atoms with Crippen LogP contribution in [0.2, 0.25) is 0 Å². The second-order valence-electron chi connectivity index (χ2n) is 7.90. The van der Waals surface area contributed by atoms with E-state index in [-0.39, 0.29) is 0 Å². The normalized spacial score (nSPS) is 21.5. The highest BCUT2D eigenvalue weighted by molar-refractivity contribution is 5.41. The number of nitrogens with zero attached hydrogens (tertiary/aromatic N) is 5. The van der Waals surface area contributed by atoms with Crippen LogP contribution >= 0.6 is 0 Å². The maximum atomic E-state index is 6.02. The Morgan fingerprint density at radius 2 is 1.88 bits per heavy atom. The Hall–Kier alpha value is -1.95. The number of hydrogen-bond donors (Lipinski definition) is 0. The summed E-state index contributed by atoms with van der Waals surface area (Å²) in [6.45, 7) is 3.06. The molecule has 0 atom stereocenters. The summed E-state index contributed by atoms with van der Waals surface area (Å²) in [6, 6.07) is 3.33. The molecular formula is C20H27N5O. The van der Waals surface area contributed by atoms with Gasteiger partial charge in [-0.3, -0.25) is 4.90 Å². The molecule has 2 aromatic rings. The lowest BCUT2D eigenvalue weighted by molar-refractivity contribution is 0.183. The fourth-order valence-corrected chi connectivity index (χ4v) is 4.48. The van der Waals surface area contributed by atoms with Gasteiger partial charge in [0.1, 0.15) is 17.9 Å². The number of fused-ring (bicyclic) bond motifs is 1. The minimum Gasteiger partial charge on any atom is -0.444 e. The van der Waals surface area contributed by atoms with E-state index in [9.17, 15) is 0 Å². The number of aryl methyl sites for hydroxylation is 2. The van der Waals surface area contributed by atoms with Gasteiger partial charge in [-0.05, 0) is 51.0 Å². The van der Waals surface area contributed by atoms with Crippen LogP contribution in [0.5, 0.6) is 0 Å². The first-order valence-corrected chi connectivity index (χ1v) is 10.1. The third-order valence-corrected chi connectivity index (χ3v) is 5.97. The fraction of sp³-hybridized carbons (Fsp3) is 0.650. The summed E-state index contributed by atoms with van der Waals surface area (Å²) in [5.74, 6) is 3.16. The van der Waals surface area contributed by atoms with Crippen molar-refractivity contribution in [3.05, 3.63) is 35.9 Å². The second-order valence-corrected chi connectivity index (χ2v) is 7.90. The molecule has 0 unspecified atom stereocenters. The Kier molecular flexibility index (Phi) is 4.36. The molecule has 6 heteroatoms. The van der Waals surface area contributed by atoms with Crippen LogP contribution < -0.4 is 4.90 Å². The molecule has 0 bridgehead atoms. The first-order chi connectivity index (χ1) is 12.9. The van der Waals surface area contributed by atoms with Crippen molar-refractivity contribution in [2.24, 2.45) is 0 Å². The Bertz CT molecular complexity index is 710. The number of likely N-dealkylation sites (tertiary alicyclic amines) is 1. The molecule has 138 valence electrons. The van der Waals surface area contributed by atoms with Gasteiger partial charge in [0.15, 0.2) is 0 Å².